The molecule has 2 heteroatoms. The van der Waals surface area contributed by atoms with Gasteiger partial charge in [-0.25, -0.2) is 0 Å². The summed E-state index contributed by atoms with van der Waals surface area (Å²) in [5.41, 5.74) is 6.32. The van der Waals surface area contributed by atoms with Crippen molar-refractivity contribution in [3.8, 4) is 0 Å². The van der Waals surface area contributed by atoms with Gasteiger partial charge in [-0.05, 0) is 56.7 Å². The fourth-order valence-electron chi connectivity index (χ4n) is 3.74. The van der Waals surface area contributed by atoms with Crippen LogP contribution in [0.3, 0.4) is 0 Å². The van der Waals surface area contributed by atoms with Crippen molar-refractivity contribution in [3.05, 3.63) is 0 Å². The zero-order chi connectivity index (χ0) is 12.3. The van der Waals surface area contributed by atoms with Crippen LogP contribution in [0, 0.1) is 11.3 Å². The highest BCUT2D eigenvalue weighted by atomic mass is 15.2. The Hall–Kier alpha value is -0.0800. The standard InChI is InChI=1S/C15H30N2/c1-3-13-6-4-5-7-14(13)17-10-8-15(2,12-16)9-11-17/h13-14H,3-12,16H2,1-2H3. The molecule has 2 fully saturated rings. The first kappa shape index (κ1) is 13.4. The van der Waals surface area contributed by atoms with Gasteiger partial charge in [-0.3, -0.25) is 0 Å². The minimum Gasteiger partial charge on any atom is -0.330 e. The van der Waals surface area contributed by atoms with Crippen LogP contribution in [-0.4, -0.2) is 30.6 Å². The summed E-state index contributed by atoms with van der Waals surface area (Å²) in [7, 11) is 0. The highest BCUT2D eigenvalue weighted by molar-refractivity contribution is 4.89. The summed E-state index contributed by atoms with van der Waals surface area (Å²) < 4.78 is 0. The first-order valence-electron chi connectivity index (χ1n) is 7.62. The third kappa shape index (κ3) is 3.03. The van der Waals surface area contributed by atoms with Crippen LogP contribution in [0.1, 0.15) is 58.8 Å². The third-order valence-corrected chi connectivity index (χ3v) is 5.36. The van der Waals surface area contributed by atoms with Crippen LogP contribution in [-0.2, 0) is 0 Å². The van der Waals surface area contributed by atoms with Crippen molar-refractivity contribution < 1.29 is 0 Å². The average molecular weight is 238 g/mol. The number of hydrogen-bond donors (Lipinski definition) is 1. The van der Waals surface area contributed by atoms with Gasteiger partial charge in [0.15, 0.2) is 0 Å². The van der Waals surface area contributed by atoms with Crippen molar-refractivity contribution >= 4 is 0 Å². The molecule has 2 aliphatic rings. The third-order valence-electron chi connectivity index (χ3n) is 5.36. The first-order valence-corrected chi connectivity index (χ1v) is 7.62. The fourth-order valence-corrected chi connectivity index (χ4v) is 3.74. The summed E-state index contributed by atoms with van der Waals surface area (Å²) in [5.74, 6) is 0.964. The second kappa shape index (κ2) is 5.71. The maximum atomic E-state index is 5.90. The Morgan fingerprint density at radius 1 is 1.18 bits per heavy atom. The monoisotopic (exact) mass is 238 g/mol. The molecule has 2 nitrogen and oxygen atoms in total. The van der Waals surface area contributed by atoms with Gasteiger partial charge in [-0.1, -0.05) is 33.1 Å². The van der Waals surface area contributed by atoms with E-state index in [0.717, 1.165) is 18.5 Å². The van der Waals surface area contributed by atoms with E-state index in [4.69, 9.17) is 5.73 Å². The lowest BCUT2D eigenvalue weighted by molar-refractivity contribution is 0.0419. The quantitative estimate of drug-likeness (QED) is 0.819. The highest BCUT2D eigenvalue weighted by Gasteiger charge is 2.34. The van der Waals surface area contributed by atoms with E-state index in [2.05, 4.69) is 18.7 Å². The van der Waals surface area contributed by atoms with Crippen molar-refractivity contribution in [2.45, 2.75) is 64.8 Å². The maximum Gasteiger partial charge on any atom is 0.0123 e. The molecule has 2 unspecified atom stereocenters. The fraction of sp³-hybridized carbons (Fsp3) is 1.00. The van der Waals surface area contributed by atoms with Gasteiger partial charge >= 0.3 is 0 Å². The van der Waals surface area contributed by atoms with Crippen molar-refractivity contribution in [2.75, 3.05) is 19.6 Å². The van der Waals surface area contributed by atoms with Gasteiger partial charge < -0.3 is 10.6 Å². The topological polar surface area (TPSA) is 29.3 Å². The summed E-state index contributed by atoms with van der Waals surface area (Å²) >= 11 is 0. The Balaban J connectivity index is 1.90. The molecule has 0 bridgehead atoms. The smallest absolute Gasteiger partial charge is 0.0123 e. The minimum atomic E-state index is 0.423. The predicted molar refractivity (Wildman–Crippen MR) is 74.0 cm³/mol. The second-order valence-electron chi connectivity index (χ2n) is 6.57. The van der Waals surface area contributed by atoms with Gasteiger partial charge in [0.1, 0.15) is 0 Å². The Morgan fingerprint density at radius 2 is 1.82 bits per heavy atom. The van der Waals surface area contributed by atoms with Gasteiger partial charge in [0, 0.05) is 6.04 Å². The first-order chi connectivity index (χ1) is 8.18. The van der Waals surface area contributed by atoms with Crippen LogP contribution < -0.4 is 5.73 Å². The molecule has 100 valence electrons. The molecule has 0 radical (unpaired) electrons. The lowest BCUT2D eigenvalue weighted by atomic mass is 9.77. The lowest BCUT2D eigenvalue weighted by Crippen LogP contribution is -2.49. The minimum absolute atomic E-state index is 0.423. The van der Waals surface area contributed by atoms with E-state index < -0.39 is 0 Å². The SMILES string of the molecule is CCC1CCCCC1N1CCC(C)(CN)CC1. The summed E-state index contributed by atoms with van der Waals surface area (Å²) in [6.07, 6.45) is 9.79. The van der Waals surface area contributed by atoms with Crippen molar-refractivity contribution in [2.24, 2.45) is 17.1 Å². The molecule has 1 saturated heterocycles. The normalized spacial score (nSPS) is 34.8. The van der Waals surface area contributed by atoms with Crippen LogP contribution >= 0.6 is 0 Å². The summed E-state index contributed by atoms with van der Waals surface area (Å²) in [6, 6.07) is 0.885. The van der Waals surface area contributed by atoms with Gasteiger partial charge in [-0.2, -0.15) is 0 Å². The molecule has 1 saturated carbocycles. The van der Waals surface area contributed by atoms with E-state index in [1.807, 2.05) is 0 Å². The molecule has 2 atom stereocenters. The molecule has 0 amide bonds. The largest absolute Gasteiger partial charge is 0.330 e. The van der Waals surface area contributed by atoms with E-state index in [1.54, 1.807) is 0 Å². The Morgan fingerprint density at radius 3 is 2.41 bits per heavy atom. The summed E-state index contributed by atoms with van der Waals surface area (Å²) in [6.45, 7) is 8.17. The van der Waals surface area contributed by atoms with Crippen LogP contribution in [0.2, 0.25) is 0 Å². The molecule has 2 N–H and O–H groups in total. The molecular weight excluding hydrogens is 208 g/mol. The molecule has 1 heterocycles. The molecule has 0 aromatic carbocycles. The number of piperidine rings is 1. The number of hydrogen-bond acceptors (Lipinski definition) is 2. The van der Waals surface area contributed by atoms with Crippen molar-refractivity contribution in [1.82, 2.24) is 4.90 Å². The van der Waals surface area contributed by atoms with Gasteiger partial charge in [0.05, 0.1) is 0 Å². The Labute approximate surface area is 107 Å². The van der Waals surface area contributed by atoms with Gasteiger partial charge in [-0.15, -0.1) is 0 Å². The van der Waals surface area contributed by atoms with Crippen molar-refractivity contribution in [1.29, 1.82) is 0 Å². The van der Waals surface area contributed by atoms with Gasteiger partial charge in [0.25, 0.3) is 0 Å². The zero-order valence-corrected chi connectivity index (χ0v) is 11.8. The Kier molecular flexibility index (Phi) is 4.48. The number of nitrogens with two attached hydrogens (primary N) is 1. The van der Waals surface area contributed by atoms with E-state index in [0.29, 0.717) is 5.41 Å². The molecule has 1 aliphatic carbocycles. The molecule has 1 aliphatic heterocycles. The van der Waals surface area contributed by atoms with Crippen LogP contribution in [0.15, 0.2) is 0 Å². The van der Waals surface area contributed by atoms with E-state index in [1.165, 1.54) is 58.0 Å². The highest BCUT2D eigenvalue weighted by Crippen LogP contribution is 2.36. The molecule has 2 rings (SSSR count). The molecule has 0 spiro atoms. The molecule has 17 heavy (non-hydrogen) atoms. The van der Waals surface area contributed by atoms with Crippen LogP contribution in [0.5, 0.6) is 0 Å². The molecule has 0 aromatic heterocycles. The average Bonchev–Trinajstić information content (AvgIpc) is 2.40. The van der Waals surface area contributed by atoms with E-state index in [9.17, 15) is 0 Å². The number of rotatable bonds is 3. The summed E-state index contributed by atoms with van der Waals surface area (Å²) in [5, 5.41) is 0. The van der Waals surface area contributed by atoms with Gasteiger partial charge in [0.2, 0.25) is 0 Å². The van der Waals surface area contributed by atoms with Crippen LogP contribution in [0.25, 0.3) is 0 Å². The van der Waals surface area contributed by atoms with E-state index in [-0.39, 0.29) is 0 Å². The van der Waals surface area contributed by atoms with Crippen molar-refractivity contribution in [3.63, 3.8) is 0 Å². The maximum absolute atomic E-state index is 5.90. The van der Waals surface area contributed by atoms with Crippen LogP contribution in [0.4, 0.5) is 0 Å². The zero-order valence-electron chi connectivity index (χ0n) is 11.8. The predicted octanol–water partition coefficient (Wildman–Crippen LogP) is 3.02. The lowest BCUT2D eigenvalue weighted by Gasteiger charge is -2.46. The number of nitrogens with zero attached hydrogens (tertiary/aromatic N) is 1. The second-order valence-corrected chi connectivity index (χ2v) is 6.57. The molecular formula is C15H30N2. The van der Waals surface area contributed by atoms with E-state index >= 15 is 0 Å². The summed E-state index contributed by atoms with van der Waals surface area (Å²) in [4.78, 5) is 2.78. The number of likely N-dealkylation sites (tertiary alicyclic amines) is 1. The Bertz CT molecular complexity index is 231. The molecule has 0 aromatic rings.